The molecule has 0 atom stereocenters. The predicted octanol–water partition coefficient (Wildman–Crippen LogP) is 2.26. The number of hydrogen-bond donors (Lipinski definition) is 1. The summed E-state index contributed by atoms with van der Waals surface area (Å²) in [6, 6.07) is 0. The molecule has 88 valence electrons. The van der Waals surface area contributed by atoms with Crippen molar-refractivity contribution < 1.29 is 0 Å². The molecule has 2 fully saturated rings. The number of nitrogens with one attached hydrogen (secondary N) is 1. The maximum absolute atomic E-state index is 4.51. The number of aromatic nitrogens is 1. The van der Waals surface area contributed by atoms with Crippen LogP contribution in [0.3, 0.4) is 0 Å². The average Bonchev–Trinajstić information content (AvgIpc) is 2.84. The van der Waals surface area contributed by atoms with E-state index in [1.807, 2.05) is 6.20 Å². The molecule has 4 heteroatoms. The second-order valence-electron chi connectivity index (χ2n) is 4.93. The van der Waals surface area contributed by atoms with E-state index in [4.69, 9.17) is 0 Å². The number of nitrogens with zero attached hydrogens (tertiary/aromatic N) is 2. The number of hydrogen-bond acceptors (Lipinski definition) is 4. The quantitative estimate of drug-likeness (QED) is 0.812. The normalized spacial score (nSPS) is 24.9. The Morgan fingerprint density at radius 3 is 2.94 bits per heavy atom. The summed E-state index contributed by atoms with van der Waals surface area (Å²) in [7, 11) is 0. The van der Waals surface area contributed by atoms with Gasteiger partial charge in [0.25, 0.3) is 0 Å². The maximum Gasteiger partial charge on any atom is 0.185 e. The fraction of sp³-hybridized carbons (Fsp3) is 0.750. The van der Waals surface area contributed by atoms with Crippen LogP contribution < -0.4 is 10.2 Å². The van der Waals surface area contributed by atoms with Crippen molar-refractivity contribution in [1.82, 2.24) is 10.3 Å². The minimum absolute atomic E-state index is 0.369. The second kappa shape index (κ2) is 4.34. The third-order valence-corrected chi connectivity index (χ3v) is 4.77. The van der Waals surface area contributed by atoms with E-state index in [0.29, 0.717) is 5.54 Å². The Kier molecular flexibility index (Phi) is 2.86. The Morgan fingerprint density at radius 1 is 1.31 bits per heavy atom. The number of thiazole rings is 1. The molecule has 1 aliphatic carbocycles. The van der Waals surface area contributed by atoms with E-state index >= 15 is 0 Å². The lowest BCUT2D eigenvalue weighted by Crippen LogP contribution is -2.62. The number of rotatable bonds is 1. The molecule has 0 bridgehead atoms. The van der Waals surface area contributed by atoms with Crippen LogP contribution >= 0.6 is 11.3 Å². The SMILES string of the molecule is c1csc(N2CCNCC23CCCCC3)n1. The Labute approximate surface area is 101 Å². The molecule has 1 aromatic heterocycles. The molecule has 3 rings (SSSR count). The van der Waals surface area contributed by atoms with E-state index in [2.05, 4.69) is 20.6 Å². The lowest BCUT2D eigenvalue weighted by atomic mass is 9.79. The van der Waals surface area contributed by atoms with Gasteiger partial charge in [0.2, 0.25) is 0 Å². The van der Waals surface area contributed by atoms with Crippen LogP contribution in [0.5, 0.6) is 0 Å². The van der Waals surface area contributed by atoms with Gasteiger partial charge in [0.15, 0.2) is 5.13 Å². The Balaban J connectivity index is 1.88. The Bertz CT molecular complexity index is 322. The highest BCUT2D eigenvalue weighted by atomic mass is 32.1. The first kappa shape index (κ1) is 10.5. The summed E-state index contributed by atoms with van der Waals surface area (Å²) in [6.45, 7) is 3.36. The predicted molar refractivity (Wildman–Crippen MR) is 68.1 cm³/mol. The molecule has 1 saturated carbocycles. The van der Waals surface area contributed by atoms with Gasteiger partial charge < -0.3 is 10.2 Å². The third kappa shape index (κ3) is 1.74. The molecular formula is C12H19N3S. The summed E-state index contributed by atoms with van der Waals surface area (Å²) in [5.74, 6) is 0. The lowest BCUT2D eigenvalue weighted by Gasteiger charge is -2.49. The van der Waals surface area contributed by atoms with Crippen LogP contribution in [0.25, 0.3) is 0 Å². The van der Waals surface area contributed by atoms with Crippen LogP contribution in [-0.2, 0) is 0 Å². The molecule has 0 aromatic carbocycles. The van der Waals surface area contributed by atoms with Gasteiger partial charge in [0.1, 0.15) is 0 Å². The first-order valence-electron chi connectivity index (χ1n) is 6.29. The van der Waals surface area contributed by atoms with Crippen molar-refractivity contribution in [2.45, 2.75) is 37.6 Å². The first-order valence-corrected chi connectivity index (χ1v) is 7.17. The monoisotopic (exact) mass is 237 g/mol. The van der Waals surface area contributed by atoms with Gasteiger partial charge in [-0.3, -0.25) is 0 Å². The van der Waals surface area contributed by atoms with Gasteiger partial charge in [-0.15, -0.1) is 11.3 Å². The van der Waals surface area contributed by atoms with E-state index < -0.39 is 0 Å². The maximum atomic E-state index is 4.51. The van der Waals surface area contributed by atoms with Crippen LogP contribution in [0, 0.1) is 0 Å². The van der Waals surface area contributed by atoms with Crippen LogP contribution in [0.15, 0.2) is 11.6 Å². The molecule has 16 heavy (non-hydrogen) atoms. The summed E-state index contributed by atoms with van der Waals surface area (Å²) in [4.78, 5) is 7.08. The lowest BCUT2D eigenvalue weighted by molar-refractivity contribution is 0.241. The van der Waals surface area contributed by atoms with E-state index in [-0.39, 0.29) is 0 Å². The molecule has 0 unspecified atom stereocenters. The largest absolute Gasteiger partial charge is 0.340 e. The molecule has 1 N–H and O–H groups in total. The Morgan fingerprint density at radius 2 is 2.19 bits per heavy atom. The van der Waals surface area contributed by atoms with Crippen molar-refractivity contribution >= 4 is 16.5 Å². The highest BCUT2D eigenvalue weighted by molar-refractivity contribution is 7.13. The molecule has 1 aliphatic heterocycles. The topological polar surface area (TPSA) is 28.2 Å². The summed E-state index contributed by atoms with van der Waals surface area (Å²) in [5.41, 5.74) is 0.369. The summed E-state index contributed by atoms with van der Waals surface area (Å²) in [5, 5.41) is 6.89. The zero-order valence-electron chi connectivity index (χ0n) is 9.61. The van der Waals surface area contributed by atoms with Crippen LogP contribution in [-0.4, -0.2) is 30.2 Å². The van der Waals surface area contributed by atoms with Crippen molar-refractivity contribution in [3.63, 3.8) is 0 Å². The zero-order chi connectivity index (χ0) is 10.8. The van der Waals surface area contributed by atoms with Crippen molar-refractivity contribution in [3.05, 3.63) is 11.6 Å². The molecule has 2 aliphatic rings. The van der Waals surface area contributed by atoms with Crippen LogP contribution in [0.4, 0.5) is 5.13 Å². The van der Waals surface area contributed by atoms with Crippen molar-refractivity contribution in [2.75, 3.05) is 24.5 Å². The minimum Gasteiger partial charge on any atom is -0.340 e. The molecule has 1 aromatic rings. The molecular weight excluding hydrogens is 218 g/mol. The molecule has 1 spiro atoms. The number of anilines is 1. The van der Waals surface area contributed by atoms with Crippen molar-refractivity contribution in [2.24, 2.45) is 0 Å². The van der Waals surface area contributed by atoms with Gasteiger partial charge in [-0.25, -0.2) is 4.98 Å². The summed E-state index contributed by atoms with van der Waals surface area (Å²) >= 11 is 1.78. The average molecular weight is 237 g/mol. The number of piperazine rings is 1. The highest BCUT2D eigenvalue weighted by Gasteiger charge is 2.40. The van der Waals surface area contributed by atoms with Gasteiger partial charge in [-0.2, -0.15) is 0 Å². The molecule has 0 amide bonds. The van der Waals surface area contributed by atoms with E-state index in [9.17, 15) is 0 Å². The molecule has 3 nitrogen and oxygen atoms in total. The van der Waals surface area contributed by atoms with E-state index in [1.165, 1.54) is 37.2 Å². The summed E-state index contributed by atoms with van der Waals surface area (Å²) in [6.07, 6.45) is 8.76. The zero-order valence-corrected chi connectivity index (χ0v) is 10.4. The third-order valence-electron chi connectivity index (χ3n) is 3.97. The first-order chi connectivity index (χ1) is 7.91. The van der Waals surface area contributed by atoms with Crippen LogP contribution in [0.1, 0.15) is 32.1 Å². The second-order valence-corrected chi connectivity index (χ2v) is 5.80. The molecule has 0 radical (unpaired) electrons. The fourth-order valence-corrected chi connectivity index (χ4v) is 3.93. The van der Waals surface area contributed by atoms with Crippen LogP contribution in [0.2, 0.25) is 0 Å². The molecule has 2 heterocycles. The van der Waals surface area contributed by atoms with Gasteiger partial charge >= 0.3 is 0 Å². The van der Waals surface area contributed by atoms with Gasteiger partial charge in [0.05, 0.1) is 5.54 Å². The summed E-state index contributed by atoms with van der Waals surface area (Å²) < 4.78 is 0. The van der Waals surface area contributed by atoms with Crippen molar-refractivity contribution in [1.29, 1.82) is 0 Å². The smallest absolute Gasteiger partial charge is 0.185 e. The van der Waals surface area contributed by atoms with Gasteiger partial charge in [0, 0.05) is 31.2 Å². The minimum atomic E-state index is 0.369. The fourth-order valence-electron chi connectivity index (χ4n) is 3.15. The van der Waals surface area contributed by atoms with Gasteiger partial charge in [-0.1, -0.05) is 19.3 Å². The standard InChI is InChI=1S/C12H19N3S/c1-2-4-12(5-3-1)10-13-6-8-15(12)11-14-7-9-16-11/h7,9,13H,1-6,8,10H2. The van der Waals surface area contributed by atoms with E-state index in [0.717, 1.165) is 19.6 Å². The van der Waals surface area contributed by atoms with Crippen molar-refractivity contribution in [3.8, 4) is 0 Å². The Hall–Kier alpha value is -0.610. The van der Waals surface area contributed by atoms with E-state index in [1.54, 1.807) is 11.3 Å². The highest BCUT2D eigenvalue weighted by Crippen LogP contribution is 2.38. The van der Waals surface area contributed by atoms with Gasteiger partial charge in [-0.05, 0) is 12.8 Å². The molecule has 1 saturated heterocycles.